The van der Waals surface area contributed by atoms with E-state index in [2.05, 4.69) is 0 Å². The van der Waals surface area contributed by atoms with E-state index in [4.69, 9.17) is 4.74 Å². The van der Waals surface area contributed by atoms with Crippen molar-refractivity contribution in [3.05, 3.63) is 108 Å². The van der Waals surface area contributed by atoms with Gasteiger partial charge in [0, 0.05) is 16.7 Å². The second-order valence-corrected chi connectivity index (χ2v) is 5.71. The van der Waals surface area contributed by atoms with Crippen molar-refractivity contribution in [3.63, 3.8) is 0 Å². The molecule has 0 aliphatic rings. The predicted octanol–water partition coefficient (Wildman–Crippen LogP) is 4.84. The molecule has 3 aromatic carbocycles. The first-order valence-corrected chi connectivity index (χ1v) is 8.24. The Morgan fingerprint density at radius 1 is 0.692 bits per heavy atom. The maximum Gasteiger partial charge on any atom is 0.193 e. The second-order valence-electron chi connectivity index (χ2n) is 5.71. The first-order valence-electron chi connectivity index (χ1n) is 8.24. The number of ketones is 2. The van der Waals surface area contributed by atoms with Gasteiger partial charge in [-0.1, -0.05) is 60.7 Å². The van der Waals surface area contributed by atoms with Crippen molar-refractivity contribution in [1.82, 2.24) is 0 Å². The topological polar surface area (TPSA) is 43.4 Å². The van der Waals surface area contributed by atoms with Crippen molar-refractivity contribution in [3.8, 4) is 5.75 Å². The minimum Gasteiger partial charge on any atom is -0.497 e. The van der Waals surface area contributed by atoms with Gasteiger partial charge in [-0.2, -0.15) is 0 Å². The van der Waals surface area contributed by atoms with E-state index in [1.54, 1.807) is 55.6 Å². The van der Waals surface area contributed by atoms with Gasteiger partial charge >= 0.3 is 0 Å². The highest BCUT2D eigenvalue weighted by Gasteiger charge is 2.16. The van der Waals surface area contributed by atoms with Crippen LogP contribution in [0.2, 0.25) is 0 Å². The molecule has 0 heterocycles. The number of ether oxygens (including phenoxy) is 1. The van der Waals surface area contributed by atoms with Crippen LogP contribution in [0.25, 0.3) is 5.57 Å². The number of methoxy groups -OCH3 is 1. The van der Waals surface area contributed by atoms with E-state index in [1.807, 2.05) is 36.4 Å². The molecule has 0 fully saturated rings. The van der Waals surface area contributed by atoms with Crippen LogP contribution in [0.4, 0.5) is 0 Å². The Kier molecular flexibility index (Phi) is 5.40. The largest absolute Gasteiger partial charge is 0.497 e. The minimum atomic E-state index is -0.226. The zero-order valence-corrected chi connectivity index (χ0v) is 14.4. The van der Waals surface area contributed by atoms with Crippen molar-refractivity contribution in [2.75, 3.05) is 7.11 Å². The van der Waals surface area contributed by atoms with Gasteiger partial charge in [-0.05, 0) is 35.9 Å². The molecule has 3 rings (SSSR count). The van der Waals surface area contributed by atoms with E-state index < -0.39 is 0 Å². The standard InChI is InChI=1S/C23H18O3/c1-26-20-14-12-18(13-15-20)22(24)16-21(17-8-4-2-5-9-17)23(25)19-10-6-3-7-11-19/h2-16H,1H3/b21-16-. The molecule has 0 spiro atoms. The van der Waals surface area contributed by atoms with Crippen LogP contribution in [0.1, 0.15) is 26.3 Å². The lowest BCUT2D eigenvalue weighted by Gasteiger charge is -2.08. The Bertz CT molecular complexity index is 924. The maximum absolute atomic E-state index is 13.0. The monoisotopic (exact) mass is 342 g/mol. The fraction of sp³-hybridized carbons (Fsp3) is 0.0435. The lowest BCUT2D eigenvalue weighted by Crippen LogP contribution is -2.06. The summed E-state index contributed by atoms with van der Waals surface area (Å²) in [6, 6.07) is 25.0. The zero-order chi connectivity index (χ0) is 18.4. The van der Waals surface area contributed by atoms with Crippen molar-refractivity contribution in [2.24, 2.45) is 0 Å². The highest BCUT2D eigenvalue weighted by molar-refractivity contribution is 6.32. The molecule has 0 saturated carbocycles. The number of hydrogen-bond donors (Lipinski definition) is 0. The van der Waals surface area contributed by atoms with E-state index in [1.165, 1.54) is 6.08 Å². The number of benzene rings is 3. The van der Waals surface area contributed by atoms with Crippen LogP contribution in [0.15, 0.2) is 91.0 Å². The molecule has 0 aliphatic heterocycles. The fourth-order valence-electron chi connectivity index (χ4n) is 2.61. The van der Waals surface area contributed by atoms with Gasteiger partial charge in [-0.25, -0.2) is 0 Å². The predicted molar refractivity (Wildman–Crippen MR) is 103 cm³/mol. The highest BCUT2D eigenvalue weighted by Crippen LogP contribution is 2.21. The molecule has 3 heteroatoms. The van der Waals surface area contributed by atoms with Gasteiger partial charge in [0.2, 0.25) is 0 Å². The van der Waals surface area contributed by atoms with Crippen LogP contribution >= 0.6 is 0 Å². The van der Waals surface area contributed by atoms with Gasteiger partial charge in [0.15, 0.2) is 11.6 Å². The summed E-state index contributed by atoms with van der Waals surface area (Å²) in [5.74, 6) is 0.267. The van der Waals surface area contributed by atoms with Gasteiger partial charge < -0.3 is 4.74 Å². The lowest BCUT2D eigenvalue weighted by atomic mass is 9.94. The summed E-state index contributed by atoms with van der Waals surface area (Å²) in [4.78, 5) is 25.7. The molecule has 0 N–H and O–H groups in total. The SMILES string of the molecule is COc1ccc(C(=O)/C=C(\C(=O)c2ccccc2)c2ccccc2)cc1. The number of rotatable bonds is 6. The number of allylic oxidation sites excluding steroid dienone is 2. The first kappa shape index (κ1) is 17.4. The smallest absolute Gasteiger partial charge is 0.193 e. The van der Waals surface area contributed by atoms with Crippen molar-refractivity contribution in [2.45, 2.75) is 0 Å². The number of carbonyl (C=O) groups is 2. The van der Waals surface area contributed by atoms with Gasteiger partial charge in [0.05, 0.1) is 7.11 Å². The Labute approximate surface area is 152 Å². The summed E-state index contributed by atoms with van der Waals surface area (Å²) in [5.41, 5.74) is 2.13. The van der Waals surface area contributed by atoms with Gasteiger partial charge in [0.25, 0.3) is 0 Å². The van der Waals surface area contributed by atoms with Crippen LogP contribution in [0.3, 0.4) is 0 Å². The molecule has 0 unspecified atom stereocenters. The maximum atomic E-state index is 13.0. The molecule has 0 atom stereocenters. The van der Waals surface area contributed by atoms with Crippen molar-refractivity contribution < 1.29 is 14.3 Å². The molecule has 3 nitrogen and oxygen atoms in total. The van der Waals surface area contributed by atoms with Gasteiger partial charge in [0.1, 0.15) is 5.75 Å². The molecular formula is C23H18O3. The molecule has 0 saturated heterocycles. The normalized spacial score (nSPS) is 11.0. The van der Waals surface area contributed by atoms with E-state index in [0.717, 1.165) is 0 Å². The van der Waals surface area contributed by atoms with Crippen LogP contribution in [0.5, 0.6) is 5.75 Å². The Balaban J connectivity index is 2.01. The summed E-state index contributed by atoms with van der Waals surface area (Å²) in [5, 5.41) is 0. The quantitative estimate of drug-likeness (QED) is 0.475. The summed E-state index contributed by atoms with van der Waals surface area (Å²) in [6.45, 7) is 0. The summed E-state index contributed by atoms with van der Waals surface area (Å²) < 4.78 is 5.11. The van der Waals surface area contributed by atoms with Crippen LogP contribution < -0.4 is 4.74 Å². The number of hydrogen-bond acceptors (Lipinski definition) is 3. The fourth-order valence-corrected chi connectivity index (χ4v) is 2.61. The Morgan fingerprint density at radius 3 is 1.77 bits per heavy atom. The second kappa shape index (κ2) is 8.08. The third-order valence-corrected chi connectivity index (χ3v) is 4.02. The molecule has 0 radical (unpaired) electrons. The molecule has 0 bridgehead atoms. The molecule has 0 aromatic heterocycles. The summed E-state index contributed by atoms with van der Waals surface area (Å²) in [7, 11) is 1.57. The highest BCUT2D eigenvalue weighted by atomic mass is 16.5. The van der Waals surface area contributed by atoms with E-state index in [9.17, 15) is 9.59 Å². The summed E-state index contributed by atoms with van der Waals surface area (Å²) >= 11 is 0. The van der Waals surface area contributed by atoms with Crippen LogP contribution in [-0.2, 0) is 0 Å². The Morgan fingerprint density at radius 2 is 1.23 bits per heavy atom. The summed E-state index contributed by atoms with van der Waals surface area (Å²) in [6.07, 6.45) is 1.41. The molecule has 128 valence electrons. The molecule has 26 heavy (non-hydrogen) atoms. The third kappa shape index (κ3) is 3.95. The molecule has 3 aromatic rings. The molecular weight excluding hydrogens is 324 g/mol. The van der Waals surface area contributed by atoms with E-state index >= 15 is 0 Å². The average molecular weight is 342 g/mol. The third-order valence-electron chi connectivity index (χ3n) is 4.02. The lowest BCUT2D eigenvalue weighted by molar-refractivity contribution is 0.102. The van der Waals surface area contributed by atoms with Crippen molar-refractivity contribution in [1.29, 1.82) is 0 Å². The minimum absolute atomic E-state index is 0.182. The van der Waals surface area contributed by atoms with Crippen LogP contribution in [0, 0.1) is 0 Å². The molecule has 0 amide bonds. The van der Waals surface area contributed by atoms with Gasteiger partial charge in [-0.15, -0.1) is 0 Å². The van der Waals surface area contributed by atoms with Gasteiger partial charge in [-0.3, -0.25) is 9.59 Å². The van der Waals surface area contributed by atoms with Crippen molar-refractivity contribution >= 4 is 17.1 Å². The average Bonchev–Trinajstić information content (AvgIpc) is 2.72. The molecule has 0 aliphatic carbocycles. The van der Waals surface area contributed by atoms with Crippen LogP contribution in [-0.4, -0.2) is 18.7 Å². The van der Waals surface area contributed by atoms with E-state index in [-0.39, 0.29) is 11.6 Å². The Hall–Kier alpha value is -3.46. The van der Waals surface area contributed by atoms with E-state index in [0.29, 0.717) is 28.0 Å². The zero-order valence-electron chi connectivity index (χ0n) is 14.4. The number of Topliss-reactive ketones (excluding diaryl/α,β-unsaturated/α-hetero) is 1. The number of carbonyl (C=O) groups excluding carboxylic acids is 2. The first-order chi connectivity index (χ1) is 12.7.